The number of carbonyl (C=O) groups is 1. The lowest BCUT2D eigenvalue weighted by atomic mass is 10.2. The Kier molecular flexibility index (Phi) is 5.55. The largest absolute Gasteiger partial charge is 0.337 e. The predicted octanol–water partition coefficient (Wildman–Crippen LogP) is 1.29. The zero-order chi connectivity index (χ0) is 12.5. The van der Waals surface area contributed by atoms with Crippen molar-refractivity contribution in [1.29, 1.82) is 5.26 Å². The molecule has 1 aromatic carbocycles. The SMILES string of the molecule is CCNCCNC(=O)Nc1ccc(C#N)cc1. The lowest BCUT2D eigenvalue weighted by molar-refractivity contribution is 0.252. The maximum absolute atomic E-state index is 11.4. The average Bonchev–Trinajstić information content (AvgIpc) is 2.36. The van der Waals surface area contributed by atoms with E-state index in [0.717, 1.165) is 13.1 Å². The monoisotopic (exact) mass is 232 g/mol. The minimum Gasteiger partial charge on any atom is -0.337 e. The molecule has 0 unspecified atom stereocenters. The summed E-state index contributed by atoms with van der Waals surface area (Å²) in [5, 5.41) is 17.1. The minimum atomic E-state index is -0.243. The van der Waals surface area contributed by atoms with Crippen LogP contribution in [0.15, 0.2) is 24.3 Å². The van der Waals surface area contributed by atoms with E-state index < -0.39 is 0 Å². The van der Waals surface area contributed by atoms with Gasteiger partial charge in [-0.15, -0.1) is 0 Å². The molecule has 1 rings (SSSR count). The molecule has 5 nitrogen and oxygen atoms in total. The zero-order valence-corrected chi connectivity index (χ0v) is 9.79. The summed E-state index contributed by atoms with van der Waals surface area (Å²) in [6.45, 7) is 4.23. The predicted molar refractivity (Wildman–Crippen MR) is 66.7 cm³/mol. The van der Waals surface area contributed by atoms with Gasteiger partial charge < -0.3 is 16.0 Å². The van der Waals surface area contributed by atoms with E-state index in [1.165, 1.54) is 0 Å². The Labute approximate surface area is 101 Å². The molecular weight excluding hydrogens is 216 g/mol. The van der Waals surface area contributed by atoms with Crippen LogP contribution < -0.4 is 16.0 Å². The molecule has 0 spiro atoms. The van der Waals surface area contributed by atoms with E-state index in [0.29, 0.717) is 17.8 Å². The molecule has 0 saturated heterocycles. The van der Waals surface area contributed by atoms with Crippen molar-refractivity contribution in [2.45, 2.75) is 6.92 Å². The fourth-order valence-corrected chi connectivity index (χ4v) is 1.24. The van der Waals surface area contributed by atoms with Gasteiger partial charge in [0.05, 0.1) is 11.6 Å². The summed E-state index contributed by atoms with van der Waals surface area (Å²) in [4.78, 5) is 11.4. The minimum absolute atomic E-state index is 0.243. The Hall–Kier alpha value is -2.06. The number of hydrogen-bond acceptors (Lipinski definition) is 3. The number of benzene rings is 1. The van der Waals surface area contributed by atoms with Crippen molar-refractivity contribution < 1.29 is 4.79 Å². The highest BCUT2D eigenvalue weighted by Crippen LogP contribution is 2.08. The summed E-state index contributed by atoms with van der Waals surface area (Å²) in [6.07, 6.45) is 0. The number of nitriles is 1. The van der Waals surface area contributed by atoms with E-state index in [4.69, 9.17) is 5.26 Å². The van der Waals surface area contributed by atoms with Crippen molar-refractivity contribution >= 4 is 11.7 Å². The van der Waals surface area contributed by atoms with Gasteiger partial charge in [-0.3, -0.25) is 0 Å². The first-order chi connectivity index (χ1) is 8.26. The average molecular weight is 232 g/mol. The Bertz CT molecular complexity index is 394. The highest BCUT2D eigenvalue weighted by atomic mass is 16.2. The van der Waals surface area contributed by atoms with Gasteiger partial charge in [0.1, 0.15) is 0 Å². The van der Waals surface area contributed by atoms with Crippen molar-refractivity contribution in [2.24, 2.45) is 0 Å². The number of rotatable bonds is 5. The Balaban J connectivity index is 2.32. The van der Waals surface area contributed by atoms with E-state index in [-0.39, 0.29) is 6.03 Å². The summed E-state index contributed by atoms with van der Waals surface area (Å²) in [6, 6.07) is 8.49. The summed E-state index contributed by atoms with van der Waals surface area (Å²) in [7, 11) is 0. The molecule has 0 aromatic heterocycles. The molecule has 0 atom stereocenters. The number of likely N-dealkylation sites (N-methyl/N-ethyl adjacent to an activating group) is 1. The van der Waals surface area contributed by atoms with E-state index in [9.17, 15) is 4.79 Å². The smallest absolute Gasteiger partial charge is 0.319 e. The van der Waals surface area contributed by atoms with Gasteiger partial charge in [0.25, 0.3) is 0 Å². The maximum atomic E-state index is 11.4. The molecule has 0 aliphatic rings. The molecule has 0 heterocycles. The van der Waals surface area contributed by atoms with Crippen LogP contribution in [0.25, 0.3) is 0 Å². The van der Waals surface area contributed by atoms with Gasteiger partial charge in [-0.1, -0.05) is 6.92 Å². The Morgan fingerprint density at radius 2 is 2.00 bits per heavy atom. The van der Waals surface area contributed by atoms with Gasteiger partial charge in [-0.05, 0) is 30.8 Å². The third-order valence-electron chi connectivity index (χ3n) is 2.11. The van der Waals surface area contributed by atoms with Crippen molar-refractivity contribution in [1.82, 2.24) is 10.6 Å². The second kappa shape index (κ2) is 7.25. The standard InChI is InChI=1S/C12H16N4O/c1-2-14-7-8-15-12(17)16-11-5-3-10(9-13)4-6-11/h3-6,14H,2,7-8H2,1H3,(H2,15,16,17). The van der Waals surface area contributed by atoms with Gasteiger partial charge >= 0.3 is 6.03 Å². The number of hydrogen-bond donors (Lipinski definition) is 3. The molecule has 17 heavy (non-hydrogen) atoms. The number of carbonyl (C=O) groups excluding carboxylic acids is 1. The third-order valence-corrected chi connectivity index (χ3v) is 2.11. The van der Waals surface area contributed by atoms with E-state index >= 15 is 0 Å². The van der Waals surface area contributed by atoms with Crippen LogP contribution in [-0.4, -0.2) is 25.7 Å². The number of nitrogens with zero attached hydrogens (tertiary/aromatic N) is 1. The van der Waals surface area contributed by atoms with Crippen molar-refractivity contribution in [2.75, 3.05) is 25.0 Å². The second-order valence-electron chi connectivity index (χ2n) is 3.42. The van der Waals surface area contributed by atoms with Gasteiger partial charge in [-0.2, -0.15) is 5.26 Å². The number of urea groups is 1. The van der Waals surface area contributed by atoms with Crippen LogP contribution >= 0.6 is 0 Å². The van der Waals surface area contributed by atoms with Crippen LogP contribution in [0.1, 0.15) is 12.5 Å². The number of anilines is 1. The van der Waals surface area contributed by atoms with Crippen LogP contribution in [0.5, 0.6) is 0 Å². The lowest BCUT2D eigenvalue weighted by Crippen LogP contribution is -2.34. The highest BCUT2D eigenvalue weighted by molar-refractivity contribution is 5.89. The van der Waals surface area contributed by atoms with Crippen molar-refractivity contribution in [3.63, 3.8) is 0 Å². The molecule has 3 N–H and O–H groups in total. The molecule has 1 aromatic rings. The zero-order valence-electron chi connectivity index (χ0n) is 9.79. The van der Waals surface area contributed by atoms with Crippen molar-refractivity contribution in [3.05, 3.63) is 29.8 Å². The molecule has 0 fully saturated rings. The lowest BCUT2D eigenvalue weighted by Gasteiger charge is -2.07. The normalized spacial score (nSPS) is 9.41. The first-order valence-corrected chi connectivity index (χ1v) is 5.52. The van der Waals surface area contributed by atoms with Crippen molar-refractivity contribution in [3.8, 4) is 6.07 Å². The molecule has 2 amide bonds. The van der Waals surface area contributed by atoms with Crippen LogP contribution in [0.4, 0.5) is 10.5 Å². The summed E-state index contributed by atoms with van der Waals surface area (Å²) >= 11 is 0. The molecule has 0 aliphatic heterocycles. The van der Waals surface area contributed by atoms with Crippen LogP contribution in [0, 0.1) is 11.3 Å². The number of amides is 2. The van der Waals surface area contributed by atoms with Crippen LogP contribution in [0.3, 0.4) is 0 Å². The van der Waals surface area contributed by atoms with Gasteiger partial charge in [-0.25, -0.2) is 4.79 Å². The van der Waals surface area contributed by atoms with Crippen LogP contribution in [-0.2, 0) is 0 Å². The highest BCUT2D eigenvalue weighted by Gasteiger charge is 2.00. The van der Waals surface area contributed by atoms with Gasteiger partial charge in [0.2, 0.25) is 0 Å². The van der Waals surface area contributed by atoms with Gasteiger partial charge in [0.15, 0.2) is 0 Å². The molecular formula is C12H16N4O. The Morgan fingerprint density at radius 1 is 1.29 bits per heavy atom. The summed E-state index contributed by atoms with van der Waals surface area (Å²) in [5.41, 5.74) is 1.24. The summed E-state index contributed by atoms with van der Waals surface area (Å²) in [5.74, 6) is 0. The maximum Gasteiger partial charge on any atom is 0.319 e. The van der Waals surface area contributed by atoms with E-state index in [2.05, 4.69) is 16.0 Å². The Morgan fingerprint density at radius 3 is 2.59 bits per heavy atom. The van der Waals surface area contributed by atoms with Gasteiger partial charge in [0, 0.05) is 18.8 Å². The molecule has 0 radical (unpaired) electrons. The molecule has 0 aliphatic carbocycles. The third kappa shape index (κ3) is 5.00. The van der Waals surface area contributed by atoms with Crippen LogP contribution in [0.2, 0.25) is 0 Å². The molecule has 0 saturated carbocycles. The fraction of sp³-hybridized carbons (Fsp3) is 0.333. The molecule has 0 bridgehead atoms. The quantitative estimate of drug-likeness (QED) is 0.669. The first kappa shape index (κ1) is 13.0. The fourth-order valence-electron chi connectivity index (χ4n) is 1.24. The summed E-state index contributed by atoms with van der Waals surface area (Å²) < 4.78 is 0. The number of nitrogens with one attached hydrogen (secondary N) is 3. The van der Waals surface area contributed by atoms with E-state index in [1.54, 1.807) is 24.3 Å². The molecule has 5 heteroatoms. The molecule has 90 valence electrons. The first-order valence-electron chi connectivity index (χ1n) is 5.52. The van der Waals surface area contributed by atoms with E-state index in [1.807, 2.05) is 13.0 Å². The topological polar surface area (TPSA) is 76.9 Å². The second-order valence-corrected chi connectivity index (χ2v) is 3.42.